The maximum Gasteiger partial charge on any atom is 0.251 e. The Hall–Kier alpha value is -4.93. The van der Waals surface area contributed by atoms with E-state index in [9.17, 15) is 18.4 Å². The molecule has 2 aromatic carbocycles. The van der Waals surface area contributed by atoms with E-state index in [-0.39, 0.29) is 29.1 Å². The fourth-order valence-corrected chi connectivity index (χ4v) is 3.85. The number of hydrogen-bond donors (Lipinski definition) is 3. The quantitative estimate of drug-likeness (QED) is 0.321. The van der Waals surface area contributed by atoms with E-state index in [0.29, 0.717) is 33.9 Å². The van der Waals surface area contributed by atoms with Gasteiger partial charge in [-0.1, -0.05) is 6.07 Å². The van der Waals surface area contributed by atoms with Crippen LogP contribution in [-0.4, -0.2) is 39.7 Å². The van der Waals surface area contributed by atoms with Gasteiger partial charge in [0.2, 0.25) is 5.91 Å². The molecule has 2 amide bonds. The predicted octanol–water partition coefficient (Wildman–Crippen LogP) is 3.87. The number of nitrogens with two attached hydrogens (primary N) is 1. The highest BCUT2D eigenvalue weighted by Crippen LogP contribution is 2.25. The maximum atomic E-state index is 14.9. The van der Waals surface area contributed by atoms with Gasteiger partial charge in [0.15, 0.2) is 11.5 Å². The Labute approximate surface area is 217 Å². The second kappa shape index (κ2) is 11.0. The minimum atomic E-state index is -0.594. The molecule has 38 heavy (non-hydrogen) atoms. The largest absolute Gasteiger partial charge is 0.404 e. The normalized spacial score (nSPS) is 11.8. The van der Waals surface area contributed by atoms with E-state index in [1.54, 1.807) is 37.5 Å². The number of allylic oxidation sites excluding steroid dienone is 1. The van der Waals surface area contributed by atoms with Crippen LogP contribution in [0.15, 0.2) is 59.9 Å². The third-order valence-electron chi connectivity index (χ3n) is 5.78. The highest BCUT2D eigenvalue weighted by atomic mass is 19.1. The third kappa shape index (κ3) is 5.56. The van der Waals surface area contributed by atoms with Gasteiger partial charge in [-0.15, -0.1) is 0 Å². The lowest BCUT2D eigenvalue weighted by molar-refractivity contribution is -0.114. The number of amides is 2. The zero-order chi connectivity index (χ0) is 27.4. The Morgan fingerprint density at radius 3 is 2.63 bits per heavy atom. The molecule has 11 heteroatoms. The molecule has 0 spiro atoms. The van der Waals surface area contributed by atoms with E-state index in [4.69, 9.17) is 5.73 Å². The third-order valence-corrected chi connectivity index (χ3v) is 5.78. The van der Waals surface area contributed by atoms with Gasteiger partial charge in [0, 0.05) is 55.2 Å². The van der Waals surface area contributed by atoms with Crippen LogP contribution in [0.4, 0.5) is 14.6 Å². The van der Waals surface area contributed by atoms with Crippen molar-refractivity contribution in [3.8, 4) is 11.3 Å². The number of carbonyl (C=O) groups excluding carboxylic acids is 2. The molecule has 0 aliphatic heterocycles. The summed E-state index contributed by atoms with van der Waals surface area (Å²) >= 11 is 0. The molecule has 0 aliphatic rings. The maximum absolute atomic E-state index is 14.9. The number of aromatic nitrogens is 3. The lowest BCUT2D eigenvalue weighted by Gasteiger charge is -2.12. The number of nitrogens with one attached hydrogen (secondary N) is 2. The summed E-state index contributed by atoms with van der Waals surface area (Å²) < 4.78 is 30.8. The highest BCUT2D eigenvalue weighted by molar-refractivity contribution is 6.09. The Morgan fingerprint density at radius 2 is 1.92 bits per heavy atom. The molecule has 194 valence electrons. The van der Waals surface area contributed by atoms with Crippen molar-refractivity contribution in [1.29, 1.82) is 0 Å². The first-order valence-electron chi connectivity index (χ1n) is 11.6. The first-order valence-corrected chi connectivity index (χ1v) is 11.6. The molecular formula is C27H25F2N7O2. The standard InChI is InChI=1S/C27H25F2N7O2/c1-15-21(27(38)32-13-19-8-17(4-5-22(19)28)20(11-30)12-31-3)9-18(10-23(15)29)24-6-7-26-34-25(33-16(2)37)14-36(26)35-24/h4-12,14H,13,30H2,1-3H3,(H,32,38)(H,33,37). The molecule has 0 fully saturated rings. The van der Waals surface area contributed by atoms with Gasteiger partial charge in [-0.25, -0.2) is 18.3 Å². The van der Waals surface area contributed by atoms with Gasteiger partial charge >= 0.3 is 0 Å². The lowest BCUT2D eigenvalue weighted by Crippen LogP contribution is -2.24. The Kier molecular flexibility index (Phi) is 7.56. The number of halogens is 2. The predicted molar refractivity (Wildman–Crippen MR) is 142 cm³/mol. The number of hydrogen-bond acceptors (Lipinski definition) is 6. The Balaban J connectivity index is 1.60. The summed E-state index contributed by atoms with van der Waals surface area (Å²) in [5, 5.41) is 9.67. The van der Waals surface area contributed by atoms with Crippen LogP contribution in [0, 0.1) is 18.6 Å². The first kappa shape index (κ1) is 26.1. The molecule has 4 aromatic rings. The van der Waals surface area contributed by atoms with E-state index in [0.717, 1.165) is 0 Å². The molecule has 2 heterocycles. The van der Waals surface area contributed by atoms with E-state index in [2.05, 4.69) is 25.7 Å². The van der Waals surface area contributed by atoms with Gasteiger partial charge in [0.25, 0.3) is 5.91 Å². The second-order valence-corrected chi connectivity index (χ2v) is 8.46. The van der Waals surface area contributed by atoms with Crippen molar-refractivity contribution >= 4 is 35.1 Å². The number of rotatable bonds is 7. The topological polar surface area (TPSA) is 127 Å². The summed E-state index contributed by atoms with van der Waals surface area (Å²) in [6.45, 7) is 2.73. The second-order valence-electron chi connectivity index (χ2n) is 8.46. The number of anilines is 1. The van der Waals surface area contributed by atoms with Crippen molar-refractivity contribution in [1.82, 2.24) is 19.9 Å². The summed E-state index contributed by atoms with van der Waals surface area (Å²) in [5.74, 6) is -1.63. The molecule has 9 nitrogen and oxygen atoms in total. The van der Waals surface area contributed by atoms with E-state index in [1.807, 2.05) is 0 Å². The van der Waals surface area contributed by atoms with E-state index >= 15 is 0 Å². The summed E-state index contributed by atoms with van der Waals surface area (Å²) in [4.78, 5) is 32.5. The monoisotopic (exact) mass is 517 g/mol. The molecular weight excluding hydrogens is 492 g/mol. The molecule has 0 radical (unpaired) electrons. The molecule has 0 aliphatic carbocycles. The van der Waals surface area contributed by atoms with Crippen LogP contribution in [-0.2, 0) is 11.3 Å². The van der Waals surface area contributed by atoms with Crippen LogP contribution in [0.2, 0.25) is 0 Å². The van der Waals surface area contributed by atoms with Crippen LogP contribution in [0.5, 0.6) is 0 Å². The van der Waals surface area contributed by atoms with Gasteiger partial charge in [0.05, 0.1) is 11.9 Å². The zero-order valence-corrected chi connectivity index (χ0v) is 20.9. The van der Waals surface area contributed by atoms with Crippen molar-refractivity contribution in [3.63, 3.8) is 0 Å². The minimum Gasteiger partial charge on any atom is -0.404 e. The van der Waals surface area contributed by atoms with Crippen LogP contribution in [0.1, 0.15) is 34.0 Å². The fourth-order valence-electron chi connectivity index (χ4n) is 3.85. The molecule has 4 rings (SSSR count). The van der Waals surface area contributed by atoms with Gasteiger partial charge in [-0.05, 0) is 54.4 Å². The van der Waals surface area contributed by atoms with Gasteiger partial charge in [0.1, 0.15) is 11.6 Å². The van der Waals surface area contributed by atoms with Crippen molar-refractivity contribution in [3.05, 3.63) is 88.7 Å². The fraction of sp³-hybridized carbons (Fsp3) is 0.148. The Morgan fingerprint density at radius 1 is 1.13 bits per heavy atom. The Bertz CT molecular complexity index is 1610. The van der Waals surface area contributed by atoms with E-state index < -0.39 is 17.5 Å². The molecule has 4 N–H and O–H groups in total. The molecule has 0 unspecified atom stereocenters. The number of nitrogens with zero attached hydrogens (tertiary/aromatic N) is 4. The molecule has 0 bridgehead atoms. The molecule has 0 saturated heterocycles. The minimum absolute atomic E-state index is 0.0867. The summed E-state index contributed by atoms with van der Waals surface area (Å²) in [7, 11) is 1.59. The van der Waals surface area contributed by atoms with Gasteiger partial charge in [-0.2, -0.15) is 5.10 Å². The molecule has 0 saturated carbocycles. The average Bonchev–Trinajstić information content (AvgIpc) is 3.29. The molecule has 0 atom stereocenters. The van der Waals surface area contributed by atoms with Crippen molar-refractivity contribution < 1.29 is 18.4 Å². The number of fused-ring (bicyclic) bond motifs is 1. The summed E-state index contributed by atoms with van der Waals surface area (Å²) in [6.07, 6.45) is 4.43. The summed E-state index contributed by atoms with van der Waals surface area (Å²) in [5.41, 5.74) is 8.56. The number of imidazole rings is 1. The van der Waals surface area contributed by atoms with Crippen LogP contribution < -0.4 is 16.4 Å². The lowest BCUT2D eigenvalue weighted by atomic mass is 10.0. The summed E-state index contributed by atoms with van der Waals surface area (Å²) in [6, 6.07) is 10.5. The molecule has 2 aromatic heterocycles. The number of benzene rings is 2. The van der Waals surface area contributed by atoms with Crippen molar-refractivity contribution in [2.24, 2.45) is 10.7 Å². The number of carbonyl (C=O) groups is 2. The number of aliphatic imine (C=N–C) groups is 1. The van der Waals surface area contributed by atoms with Crippen LogP contribution >= 0.6 is 0 Å². The van der Waals surface area contributed by atoms with Crippen molar-refractivity contribution in [2.45, 2.75) is 20.4 Å². The van der Waals surface area contributed by atoms with Gasteiger partial charge in [-0.3, -0.25) is 14.6 Å². The first-order chi connectivity index (χ1) is 18.2. The SMILES string of the molecule is CN=CC(=CN)c1ccc(F)c(CNC(=O)c2cc(-c3ccc4nc(NC(C)=O)cn4n3)cc(F)c2C)c1. The smallest absolute Gasteiger partial charge is 0.251 e. The van der Waals surface area contributed by atoms with Crippen LogP contribution in [0.25, 0.3) is 22.5 Å². The zero-order valence-electron chi connectivity index (χ0n) is 20.9. The highest BCUT2D eigenvalue weighted by Gasteiger charge is 2.17. The van der Waals surface area contributed by atoms with Gasteiger partial charge < -0.3 is 16.4 Å². The average molecular weight is 518 g/mol. The van der Waals surface area contributed by atoms with Crippen molar-refractivity contribution in [2.75, 3.05) is 12.4 Å². The van der Waals surface area contributed by atoms with Crippen LogP contribution in [0.3, 0.4) is 0 Å². The van der Waals surface area contributed by atoms with E-state index in [1.165, 1.54) is 49.0 Å².